The van der Waals surface area contributed by atoms with Crippen LogP contribution in [0.1, 0.15) is 46.6 Å². The van der Waals surface area contributed by atoms with Gasteiger partial charge in [0.05, 0.1) is 10.6 Å². The molecule has 0 spiro atoms. The molecule has 0 radical (unpaired) electrons. The molecule has 1 amide bonds. The molecule has 0 atom stereocenters. The van der Waals surface area contributed by atoms with Crippen LogP contribution in [0.2, 0.25) is 0 Å². The number of sulfonamides is 1. The SMILES string of the molecule is O=C(Nc1nc2c(s1)CCCC2)c1cccc(S(=O)(=O)N2CCCC2)c1. The second-order valence-electron chi connectivity index (χ2n) is 6.69. The first-order valence-corrected chi connectivity index (χ1v) is 11.2. The van der Waals surface area contributed by atoms with Crippen LogP contribution in [0.15, 0.2) is 29.2 Å². The zero-order valence-electron chi connectivity index (χ0n) is 14.4. The third kappa shape index (κ3) is 3.41. The Bertz CT molecular complexity index is 907. The maximum atomic E-state index is 12.7. The third-order valence-corrected chi connectivity index (χ3v) is 7.83. The van der Waals surface area contributed by atoms with E-state index in [2.05, 4.69) is 10.3 Å². The van der Waals surface area contributed by atoms with Gasteiger partial charge in [-0.25, -0.2) is 13.4 Å². The van der Waals surface area contributed by atoms with Crippen LogP contribution < -0.4 is 5.32 Å². The Hall–Kier alpha value is -1.77. The molecule has 0 saturated carbocycles. The highest BCUT2D eigenvalue weighted by Gasteiger charge is 2.27. The minimum atomic E-state index is -3.53. The number of aryl methyl sites for hydroxylation is 2. The van der Waals surface area contributed by atoms with E-state index in [1.807, 2.05) is 0 Å². The fourth-order valence-electron chi connectivity index (χ4n) is 3.45. The summed E-state index contributed by atoms with van der Waals surface area (Å²) in [6.45, 7) is 1.09. The van der Waals surface area contributed by atoms with E-state index < -0.39 is 10.0 Å². The van der Waals surface area contributed by atoms with Gasteiger partial charge < -0.3 is 0 Å². The molecule has 1 aliphatic carbocycles. The number of fused-ring (bicyclic) bond motifs is 1. The number of carbonyl (C=O) groups is 1. The van der Waals surface area contributed by atoms with E-state index in [-0.39, 0.29) is 10.8 Å². The maximum Gasteiger partial charge on any atom is 0.257 e. The van der Waals surface area contributed by atoms with E-state index in [4.69, 9.17) is 0 Å². The molecule has 2 aliphatic rings. The molecule has 0 unspecified atom stereocenters. The number of benzene rings is 1. The second-order valence-corrected chi connectivity index (χ2v) is 9.71. The topological polar surface area (TPSA) is 79.4 Å². The van der Waals surface area contributed by atoms with Gasteiger partial charge in [0, 0.05) is 23.5 Å². The highest BCUT2D eigenvalue weighted by Crippen LogP contribution is 2.30. The molecule has 138 valence electrons. The van der Waals surface area contributed by atoms with Gasteiger partial charge in [-0.1, -0.05) is 6.07 Å². The zero-order valence-corrected chi connectivity index (χ0v) is 16.0. The Morgan fingerprint density at radius 2 is 1.88 bits per heavy atom. The number of nitrogens with zero attached hydrogens (tertiary/aromatic N) is 2. The van der Waals surface area contributed by atoms with Gasteiger partial charge in [-0.2, -0.15) is 4.31 Å². The molecule has 2 aromatic rings. The largest absolute Gasteiger partial charge is 0.298 e. The van der Waals surface area contributed by atoms with Crippen LogP contribution >= 0.6 is 11.3 Å². The molecule has 1 fully saturated rings. The van der Waals surface area contributed by atoms with Crippen molar-refractivity contribution in [1.82, 2.24) is 9.29 Å². The van der Waals surface area contributed by atoms with Gasteiger partial charge in [0.25, 0.3) is 5.91 Å². The first-order valence-electron chi connectivity index (χ1n) is 8.94. The predicted molar refractivity (Wildman–Crippen MR) is 101 cm³/mol. The van der Waals surface area contributed by atoms with Crippen molar-refractivity contribution in [2.45, 2.75) is 43.4 Å². The number of rotatable bonds is 4. The second kappa shape index (κ2) is 7.09. The molecule has 2 heterocycles. The third-order valence-electron chi connectivity index (χ3n) is 4.87. The number of carbonyl (C=O) groups excluding carboxylic acids is 1. The minimum absolute atomic E-state index is 0.172. The molecule has 1 saturated heterocycles. The van der Waals surface area contributed by atoms with Crippen molar-refractivity contribution < 1.29 is 13.2 Å². The lowest BCUT2D eigenvalue weighted by Crippen LogP contribution is -2.28. The van der Waals surface area contributed by atoms with Crippen LogP contribution in [0, 0.1) is 0 Å². The molecule has 0 bridgehead atoms. The summed E-state index contributed by atoms with van der Waals surface area (Å²) in [5.41, 5.74) is 1.42. The summed E-state index contributed by atoms with van der Waals surface area (Å²) in [7, 11) is -3.53. The van der Waals surface area contributed by atoms with Crippen LogP contribution in [0.4, 0.5) is 5.13 Å². The van der Waals surface area contributed by atoms with Crippen molar-refractivity contribution in [2.24, 2.45) is 0 Å². The fraction of sp³-hybridized carbons (Fsp3) is 0.444. The number of thiazole rings is 1. The lowest BCUT2D eigenvalue weighted by molar-refractivity contribution is 0.102. The van der Waals surface area contributed by atoms with Crippen LogP contribution in [-0.2, 0) is 22.9 Å². The quantitative estimate of drug-likeness (QED) is 0.869. The summed E-state index contributed by atoms with van der Waals surface area (Å²) < 4.78 is 26.9. The Balaban J connectivity index is 1.54. The average Bonchev–Trinajstić information content (AvgIpc) is 3.31. The van der Waals surface area contributed by atoms with E-state index in [1.165, 1.54) is 33.0 Å². The number of hydrogen-bond donors (Lipinski definition) is 1. The average molecular weight is 392 g/mol. The van der Waals surface area contributed by atoms with Gasteiger partial charge in [0.2, 0.25) is 10.0 Å². The zero-order chi connectivity index (χ0) is 18.1. The number of aromatic nitrogens is 1. The Morgan fingerprint density at radius 1 is 1.12 bits per heavy atom. The predicted octanol–water partition coefficient (Wildman–Crippen LogP) is 3.06. The fourth-order valence-corrected chi connectivity index (χ4v) is 6.06. The first kappa shape index (κ1) is 17.6. The van der Waals surface area contributed by atoms with Gasteiger partial charge in [-0.15, -0.1) is 11.3 Å². The first-order chi connectivity index (χ1) is 12.5. The smallest absolute Gasteiger partial charge is 0.257 e. The summed E-state index contributed by atoms with van der Waals surface area (Å²) in [6.07, 6.45) is 6.06. The van der Waals surface area contributed by atoms with E-state index in [0.29, 0.717) is 23.8 Å². The van der Waals surface area contributed by atoms with Gasteiger partial charge in [-0.3, -0.25) is 10.1 Å². The van der Waals surface area contributed by atoms with Crippen molar-refractivity contribution in [3.05, 3.63) is 40.4 Å². The number of hydrogen-bond acceptors (Lipinski definition) is 5. The van der Waals surface area contributed by atoms with Crippen LogP contribution in [0.25, 0.3) is 0 Å². The Kier molecular flexibility index (Phi) is 4.81. The summed E-state index contributed by atoms with van der Waals surface area (Å²) in [6, 6.07) is 6.25. The number of anilines is 1. The Morgan fingerprint density at radius 3 is 2.65 bits per heavy atom. The van der Waals surface area contributed by atoms with Gasteiger partial charge >= 0.3 is 0 Å². The molecule has 8 heteroatoms. The molecule has 1 aliphatic heterocycles. The van der Waals surface area contributed by atoms with E-state index in [1.54, 1.807) is 18.2 Å². The summed E-state index contributed by atoms with van der Waals surface area (Å²) >= 11 is 1.52. The normalized spacial score (nSPS) is 17.8. The van der Waals surface area contributed by atoms with Gasteiger partial charge in [-0.05, 0) is 56.7 Å². The van der Waals surface area contributed by atoms with Crippen LogP contribution in [0.3, 0.4) is 0 Å². The lowest BCUT2D eigenvalue weighted by atomic mass is 10.0. The summed E-state index contributed by atoms with van der Waals surface area (Å²) in [4.78, 5) is 18.5. The van der Waals surface area contributed by atoms with E-state index in [0.717, 1.165) is 37.8 Å². The molecule has 1 aromatic carbocycles. The van der Waals surface area contributed by atoms with Gasteiger partial charge in [0.1, 0.15) is 0 Å². The van der Waals surface area contributed by atoms with Crippen LogP contribution in [-0.4, -0.2) is 36.7 Å². The van der Waals surface area contributed by atoms with Crippen molar-refractivity contribution in [1.29, 1.82) is 0 Å². The minimum Gasteiger partial charge on any atom is -0.298 e. The monoisotopic (exact) mass is 391 g/mol. The molecule has 1 N–H and O–H groups in total. The molecule has 6 nitrogen and oxygen atoms in total. The lowest BCUT2D eigenvalue weighted by Gasteiger charge is -2.15. The van der Waals surface area contributed by atoms with Crippen LogP contribution in [0.5, 0.6) is 0 Å². The maximum absolute atomic E-state index is 12.7. The van der Waals surface area contributed by atoms with Crippen molar-refractivity contribution in [2.75, 3.05) is 18.4 Å². The standard InChI is InChI=1S/C18H21N3O3S2/c22-17(20-18-19-15-8-1-2-9-16(15)25-18)13-6-5-7-14(12-13)26(23,24)21-10-3-4-11-21/h5-7,12H,1-4,8-11H2,(H,19,20,22). The highest BCUT2D eigenvalue weighted by molar-refractivity contribution is 7.89. The Labute approximate surface area is 157 Å². The molecule has 26 heavy (non-hydrogen) atoms. The van der Waals surface area contributed by atoms with E-state index >= 15 is 0 Å². The molecular formula is C18H21N3O3S2. The number of nitrogens with one attached hydrogen (secondary N) is 1. The highest BCUT2D eigenvalue weighted by atomic mass is 32.2. The molecule has 4 rings (SSSR count). The summed E-state index contributed by atoms with van der Waals surface area (Å²) in [5, 5.41) is 3.42. The number of amides is 1. The van der Waals surface area contributed by atoms with Crippen molar-refractivity contribution >= 4 is 32.4 Å². The molecule has 1 aromatic heterocycles. The molecular weight excluding hydrogens is 370 g/mol. The van der Waals surface area contributed by atoms with Crippen molar-refractivity contribution in [3.63, 3.8) is 0 Å². The van der Waals surface area contributed by atoms with E-state index in [9.17, 15) is 13.2 Å². The van der Waals surface area contributed by atoms with Gasteiger partial charge in [0.15, 0.2) is 5.13 Å². The summed E-state index contributed by atoms with van der Waals surface area (Å²) in [5.74, 6) is -0.324. The van der Waals surface area contributed by atoms with Crippen molar-refractivity contribution in [3.8, 4) is 0 Å².